The second kappa shape index (κ2) is 7.13. The van der Waals surface area contributed by atoms with E-state index in [9.17, 15) is 9.59 Å². The Labute approximate surface area is 151 Å². The van der Waals surface area contributed by atoms with E-state index in [2.05, 4.69) is 4.98 Å². The lowest BCUT2D eigenvalue weighted by atomic mass is 10.1. The first-order valence-electron chi connectivity index (χ1n) is 7.08. The van der Waals surface area contributed by atoms with Gasteiger partial charge in [0.1, 0.15) is 23.1 Å². The molecule has 0 radical (unpaired) electrons. The first kappa shape index (κ1) is 17.3. The van der Waals surface area contributed by atoms with Gasteiger partial charge in [-0.1, -0.05) is 23.2 Å². The molecule has 0 saturated carbocycles. The summed E-state index contributed by atoms with van der Waals surface area (Å²) in [6.45, 7) is -0.155. The number of pyridine rings is 1. The number of methoxy groups -OCH3 is 1. The highest BCUT2D eigenvalue weighted by molar-refractivity contribution is 6.34. The lowest BCUT2D eigenvalue weighted by Crippen LogP contribution is -2.10. The summed E-state index contributed by atoms with van der Waals surface area (Å²) in [5.41, 5.74) is 0.158. The number of nitrogens with zero attached hydrogens (tertiary/aromatic N) is 1. The second-order valence-corrected chi connectivity index (χ2v) is 5.79. The Bertz CT molecular complexity index is 1020. The van der Waals surface area contributed by atoms with Crippen molar-refractivity contribution in [1.29, 1.82) is 0 Å². The van der Waals surface area contributed by atoms with Gasteiger partial charge >= 0.3 is 11.6 Å². The zero-order valence-electron chi connectivity index (χ0n) is 12.9. The van der Waals surface area contributed by atoms with E-state index in [0.717, 1.165) is 0 Å². The Kier molecular flexibility index (Phi) is 4.92. The van der Waals surface area contributed by atoms with E-state index in [0.29, 0.717) is 22.3 Å². The molecule has 0 bridgehead atoms. The van der Waals surface area contributed by atoms with Gasteiger partial charge in [0.25, 0.3) is 0 Å². The molecule has 3 aromatic rings. The van der Waals surface area contributed by atoms with Gasteiger partial charge in [-0.25, -0.2) is 14.6 Å². The second-order valence-electron chi connectivity index (χ2n) is 4.99. The Hall–Kier alpha value is -2.57. The van der Waals surface area contributed by atoms with Crippen LogP contribution in [0, 0.1) is 0 Å². The fraction of sp³-hybridized carbons (Fsp3) is 0.118. The number of hydrogen-bond acceptors (Lipinski definition) is 6. The lowest BCUT2D eigenvalue weighted by Gasteiger charge is -2.08. The van der Waals surface area contributed by atoms with Crippen molar-refractivity contribution in [2.24, 2.45) is 0 Å². The van der Waals surface area contributed by atoms with Crippen LogP contribution in [0.5, 0.6) is 5.75 Å². The Morgan fingerprint density at radius 2 is 2.00 bits per heavy atom. The molecule has 0 unspecified atom stereocenters. The minimum Gasteiger partial charge on any atom is -0.497 e. The number of fused-ring (bicyclic) bond motifs is 1. The van der Waals surface area contributed by atoms with Crippen LogP contribution < -0.4 is 10.4 Å². The normalized spacial score (nSPS) is 10.7. The summed E-state index contributed by atoms with van der Waals surface area (Å²) in [6, 6.07) is 9.18. The van der Waals surface area contributed by atoms with Crippen LogP contribution in [0.25, 0.3) is 11.0 Å². The molecular weight excluding hydrogens is 369 g/mol. The monoisotopic (exact) mass is 379 g/mol. The molecule has 0 saturated heterocycles. The summed E-state index contributed by atoms with van der Waals surface area (Å²) < 4.78 is 15.5. The first-order chi connectivity index (χ1) is 12.0. The van der Waals surface area contributed by atoms with Crippen molar-refractivity contribution in [3.8, 4) is 5.75 Å². The zero-order chi connectivity index (χ0) is 18.0. The van der Waals surface area contributed by atoms with E-state index in [1.165, 1.54) is 25.3 Å². The van der Waals surface area contributed by atoms with E-state index in [4.69, 9.17) is 37.1 Å². The smallest absolute Gasteiger partial charge is 0.358 e. The van der Waals surface area contributed by atoms with E-state index < -0.39 is 11.6 Å². The highest BCUT2D eigenvalue weighted by atomic mass is 35.5. The molecule has 2 heterocycles. The van der Waals surface area contributed by atoms with Crippen molar-refractivity contribution in [2.45, 2.75) is 6.61 Å². The van der Waals surface area contributed by atoms with Crippen molar-refractivity contribution in [3.05, 3.63) is 68.3 Å². The van der Waals surface area contributed by atoms with Crippen LogP contribution >= 0.6 is 23.2 Å². The van der Waals surface area contributed by atoms with Gasteiger partial charge in [-0.05, 0) is 24.3 Å². The third-order valence-electron chi connectivity index (χ3n) is 3.40. The molecule has 1 aromatic carbocycles. The minimum absolute atomic E-state index is 0.0943. The van der Waals surface area contributed by atoms with Gasteiger partial charge in [-0.3, -0.25) is 0 Å². The van der Waals surface area contributed by atoms with Gasteiger partial charge in [0, 0.05) is 23.1 Å². The average molecular weight is 380 g/mol. The van der Waals surface area contributed by atoms with Gasteiger partial charge in [-0.2, -0.15) is 0 Å². The predicted octanol–water partition coefficient (Wildman–Crippen LogP) is 3.86. The summed E-state index contributed by atoms with van der Waals surface area (Å²) >= 11 is 11.7. The topological polar surface area (TPSA) is 78.6 Å². The van der Waals surface area contributed by atoms with E-state index in [1.807, 2.05) is 0 Å². The van der Waals surface area contributed by atoms with Gasteiger partial charge < -0.3 is 13.9 Å². The largest absolute Gasteiger partial charge is 0.497 e. The number of ether oxygens (including phenoxy) is 2. The number of hydrogen-bond donors (Lipinski definition) is 0. The molecule has 25 heavy (non-hydrogen) atoms. The van der Waals surface area contributed by atoms with E-state index in [1.54, 1.807) is 18.2 Å². The Morgan fingerprint density at radius 3 is 2.76 bits per heavy atom. The molecule has 6 nitrogen and oxygen atoms in total. The van der Waals surface area contributed by atoms with Crippen LogP contribution in [0.2, 0.25) is 10.2 Å². The van der Waals surface area contributed by atoms with Gasteiger partial charge in [0.2, 0.25) is 0 Å². The third-order valence-corrected chi connectivity index (χ3v) is 3.92. The Morgan fingerprint density at radius 1 is 1.20 bits per heavy atom. The average Bonchev–Trinajstić information content (AvgIpc) is 2.60. The van der Waals surface area contributed by atoms with Crippen molar-refractivity contribution >= 4 is 40.1 Å². The van der Waals surface area contributed by atoms with Crippen LogP contribution in [0.3, 0.4) is 0 Å². The maximum Gasteiger partial charge on any atom is 0.358 e. The molecule has 0 aliphatic heterocycles. The molecule has 0 aliphatic carbocycles. The molecule has 0 fully saturated rings. The molecule has 0 atom stereocenters. The molecular formula is C17H11Cl2NO5. The SMILES string of the molecule is COc1ccc2c(COC(=O)c3nc(Cl)ccc3Cl)cc(=O)oc2c1. The van der Waals surface area contributed by atoms with Crippen LogP contribution in [0.4, 0.5) is 0 Å². The van der Waals surface area contributed by atoms with E-state index >= 15 is 0 Å². The van der Waals surface area contributed by atoms with Crippen molar-refractivity contribution in [1.82, 2.24) is 4.98 Å². The Balaban J connectivity index is 1.89. The van der Waals surface area contributed by atoms with Gasteiger partial charge in [-0.15, -0.1) is 0 Å². The lowest BCUT2D eigenvalue weighted by molar-refractivity contribution is 0.0467. The summed E-state index contributed by atoms with van der Waals surface area (Å²) in [4.78, 5) is 27.7. The number of carbonyl (C=O) groups excluding carboxylic acids is 1. The van der Waals surface area contributed by atoms with Crippen LogP contribution in [-0.2, 0) is 11.3 Å². The predicted molar refractivity (Wildman–Crippen MR) is 92.4 cm³/mol. The quantitative estimate of drug-likeness (QED) is 0.389. The van der Waals surface area contributed by atoms with E-state index in [-0.39, 0.29) is 22.5 Å². The molecule has 0 N–H and O–H groups in total. The fourth-order valence-corrected chi connectivity index (χ4v) is 2.56. The minimum atomic E-state index is -0.748. The molecule has 0 aliphatic rings. The molecule has 0 amide bonds. The number of benzene rings is 1. The summed E-state index contributed by atoms with van der Waals surface area (Å²) in [6.07, 6.45) is 0. The summed E-state index contributed by atoms with van der Waals surface area (Å²) in [5, 5.41) is 0.865. The number of aromatic nitrogens is 1. The highest BCUT2D eigenvalue weighted by Gasteiger charge is 2.16. The molecule has 0 spiro atoms. The first-order valence-corrected chi connectivity index (χ1v) is 7.83. The summed E-state index contributed by atoms with van der Waals surface area (Å²) in [7, 11) is 1.51. The molecule has 3 rings (SSSR count). The third kappa shape index (κ3) is 3.75. The number of carbonyl (C=O) groups is 1. The number of rotatable bonds is 4. The maximum atomic E-state index is 12.2. The van der Waals surface area contributed by atoms with Crippen molar-refractivity contribution in [3.63, 3.8) is 0 Å². The van der Waals surface area contributed by atoms with Gasteiger partial charge in [0.15, 0.2) is 5.69 Å². The molecule has 2 aromatic heterocycles. The van der Waals surface area contributed by atoms with Crippen LogP contribution in [0.15, 0.2) is 45.6 Å². The molecule has 128 valence electrons. The maximum absolute atomic E-state index is 12.2. The van der Waals surface area contributed by atoms with Gasteiger partial charge in [0.05, 0.1) is 12.1 Å². The fourth-order valence-electron chi connectivity index (χ4n) is 2.23. The highest BCUT2D eigenvalue weighted by Crippen LogP contribution is 2.24. The number of esters is 1. The summed E-state index contributed by atoms with van der Waals surface area (Å²) in [5.74, 6) is -0.206. The van der Waals surface area contributed by atoms with Crippen molar-refractivity contribution < 1.29 is 18.7 Å². The van der Waals surface area contributed by atoms with Crippen LogP contribution in [0.1, 0.15) is 16.1 Å². The standard InChI is InChI=1S/C17H11Cl2NO5/c1-23-10-2-3-11-9(6-15(21)25-13(11)7-10)8-24-17(22)16-12(18)4-5-14(19)20-16/h2-7H,8H2,1H3. The molecule has 8 heteroatoms. The number of halogens is 2. The zero-order valence-corrected chi connectivity index (χ0v) is 14.4. The van der Waals surface area contributed by atoms with Crippen LogP contribution in [-0.4, -0.2) is 18.1 Å². The van der Waals surface area contributed by atoms with Crippen molar-refractivity contribution in [2.75, 3.05) is 7.11 Å².